The van der Waals surface area contributed by atoms with Crippen LogP contribution in [0.4, 0.5) is 0 Å². The average Bonchev–Trinajstić information content (AvgIpc) is 2.39. The molecule has 1 aromatic carbocycles. The molecule has 5 nitrogen and oxygen atoms in total. The van der Waals surface area contributed by atoms with Crippen molar-refractivity contribution >= 4 is 13.4 Å². The van der Waals surface area contributed by atoms with Crippen molar-refractivity contribution < 1.29 is 23.5 Å². The van der Waals surface area contributed by atoms with Crippen LogP contribution in [-0.4, -0.2) is 37.4 Å². The first-order valence-corrected chi connectivity index (χ1v) is 7.20. The summed E-state index contributed by atoms with van der Waals surface area (Å²) >= 11 is 0. The van der Waals surface area contributed by atoms with Crippen molar-refractivity contribution in [3.8, 4) is 0 Å². The minimum atomic E-state index is -3.29. The number of rotatable bonds is 7. The summed E-state index contributed by atoms with van der Waals surface area (Å²) in [4.78, 5) is 11.8. The molecular formula is C12H17O5P. The van der Waals surface area contributed by atoms with Gasteiger partial charge in [-0.15, -0.1) is 0 Å². The third kappa shape index (κ3) is 4.35. The van der Waals surface area contributed by atoms with Gasteiger partial charge in [0.1, 0.15) is 0 Å². The molecule has 0 aliphatic heterocycles. The highest BCUT2D eigenvalue weighted by Gasteiger charge is 2.27. The molecule has 0 fully saturated rings. The van der Waals surface area contributed by atoms with Crippen LogP contribution in [0.1, 0.15) is 16.8 Å². The number of hydrogen-bond donors (Lipinski definition) is 1. The molecule has 0 saturated carbocycles. The van der Waals surface area contributed by atoms with E-state index in [1.807, 2.05) is 0 Å². The third-order valence-corrected chi connectivity index (χ3v) is 4.49. The monoisotopic (exact) mass is 272 g/mol. The fourth-order valence-electron chi connectivity index (χ4n) is 1.50. The van der Waals surface area contributed by atoms with E-state index in [-0.39, 0.29) is 18.4 Å². The summed E-state index contributed by atoms with van der Waals surface area (Å²) in [6.07, 6.45) is -1.36. The van der Waals surface area contributed by atoms with Crippen molar-refractivity contribution in [1.29, 1.82) is 0 Å². The third-order valence-electron chi connectivity index (χ3n) is 2.51. The first-order chi connectivity index (χ1) is 8.50. The Labute approximate surface area is 106 Å². The predicted octanol–water partition coefficient (Wildman–Crippen LogP) is 2.11. The van der Waals surface area contributed by atoms with Gasteiger partial charge in [-0.05, 0) is 0 Å². The molecule has 1 aromatic rings. The molecule has 0 bridgehead atoms. The van der Waals surface area contributed by atoms with Crippen LogP contribution in [0.25, 0.3) is 0 Å². The van der Waals surface area contributed by atoms with Crippen molar-refractivity contribution in [3.63, 3.8) is 0 Å². The van der Waals surface area contributed by atoms with Gasteiger partial charge in [-0.25, -0.2) is 0 Å². The minimum Gasteiger partial charge on any atom is -0.392 e. The Morgan fingerprint density at radius 3 is 2.33 bits per heavy atom. The van der Waals surface area contributed by atoms with Crippen LogP contribution in [0.15, 0.2) is 30.3 Å². The number of carbonyl (C=O) groups excluding carboxylic acids is 1. The van der Waals surface area contributed by atoms with Crippen molar-refractivity contribution in [1.82, 2.24) is 0 Å². The van der Waals surface area contributed by atoms with Gasteiger partial charge in [-0.2, -0.15) is 0 Å². The molecule has 0 aromatic heterocycles. The number of hydrogen-bond acceptors (Lipinski definition) is 5. The van der Waals surface area contributed by atoms with Gasteiger partial charge in [-0.1, -0.05) is 30.3 Å². The van der Waals surface area contributed by atoms with Crippen LogP contribution in [0.3, 0.4) is 0 Å². The van der Waals surface area contributed by atoms with Crippen LogP contribution in [0.5, 0.6) is 0 Å². The summed E-state index contributed by atoms with van der Waals surface area (Å²) in [6.45, 7) is 0. The minimum absolute atomic E-state index is 0.110. The zero-order valence-electron chi connectivity index (χ0n) is 10.4. The molecule has 18 heavy (non-hydrogen) atoms. The van der Waals surface area contributed by atoms with Crippen molar-refractivity contribution in [2.24, 2.45) is 0 Å². The maximum atomic E-state index is 11.8. The van der Waals surface area contributed by atoms with Crippen LogP contribution in [-0.2, 0) is 13.6 Å². The summed E-state index contributed by atoms with van der Waals surface area (Å²) in [5, 5.41) is 9.73. The number of aliphatic hydroxyl groups is 1. The second kappa shape index (κ2) is 6.81. The van der Waals surface area contributed by atoms with E-state index in [1.165, 1.54) is 14.2 Å². The van der Waals surface area contributed by atoms with Crippen molar-refractivity contribution in [3.05, 3.63) is 35.9 Å². The van der Waals surface area contributed by atoms with Gasteiger partial charge in [0.05, 0.1) is 12.3 Å². The van der Waals surface area contributed by atoms with Crippen LogP contribution in [0.2, 0.25) is 0 Å². The maximum Gasteiger partial charge on any atom is 0.332 e. The first-order valence-electron chi connectivity index (χ1n) is 5.47. The van der Waals surface area contributed by atoms with Crippen LogP contribution >= 0.6 is 7.60 Å². The smallest absolute Gasteiger partial charge is 0.332 e. The van der Waals surface area contributed by atoms with E-state index in [9.17, 15) is 14.5 Å². The fourth-order valence-corrected chi connectivity index (χ4v) is 2.59. The highest BCUT2D eigenvalue weighted by atomic mass is 31.2. The topological polar surface area (TPSA) is 72.8 Å². The Bertz CT molecular complexity index is 423. The molecule has 0 spiro atoms. The number of carbonyl (C=O) groups is 1. The van der Waals surface area contributed by atoms with Gasteiger partial charge in [0.2, 0.25) is 0 Å². The van der Waals surface area contributed by atoms with E-state index >= 15 is 0 Å². The van der Waals surface area contributed by atoms with E-state index < -0.39 is 13.7 Å². The summed E-state index contributed by atoms with van der Waals surface area (Å²) in [5.74, 6) is -0.207. The van der Waals surface area contributed by atoms with Gasteiger partial charge in [0.15, 0.2) is 5.78 Å². The second-order valence-electron chi connectivity index (χ2n) is 3.81. The highest BCUT2D eigenvalue weighted by molar-refractivity contribution is 7.53. The Morgan fingerprint density at radius 1 is 1.28 bits per heavy atom. The maximum absolute atomic E-state index is 11.8. The highest BCUT2D eigenvalue weighted by Crippen LogP contribution is 2.47. The van der Waals surface area contributed by atoms with Crippen LogP contribution < -0.4 is 0 Å². The lowest BCUT2D eigenvalue weighted by Crippen LogP contribution is -2.19. The lowest BCUT2D eigenvalue weighted by Gasteiger charge is -2.17. The van der Waals surface area contributed by atoms with Crippen molar-refractivity contribution in [2.75, 3.05) is 20.4 Å². The quantitative estimate of drug-likeness (QED) is 0.608. The van der Waals surface area contributed by atoms with E-state index in [0.29, 0.717) is 5.56 Å². The molecular weight excluding hydrogens is 255 g/mol. The van der Waals surface area contributed by atoms with Gasteiger partial charge in [0.25, 0.3) is 0 Å². The van der Waals surface area contributed by atoms with Crippen molar-refractivity contribution in [2.45, 2.75) is 12.5 Å². The number of Topliss-reactive ketones (excluding diaryl/α,β-unsaturated/α-hetero) is 1. The number of benzene rings is 1. The average molecular weight is 272 g/mol. The molecule has 1 unspecified atom stereocenters. The number of ketones is 1. The Kier molecular flexibility index (Phi) is 5.69. The molecule has 100 valence electrons. The van der Waals surface area contributed by atoms with Crippen LogP contribution in [0, 0.1) is 0 Å². The predicted molar refractivity (Wildman–Crippen MR) is 67.9 cm³/mol. The normalized spacial score (nSPS) is 13.3. The zero-order valence-corrected chi connectivity index (χ0v) is 11.3. The summed E-state index contributed by atoms with van der Waals surface area (Å²) < 4.78 is 21.2. The van der Waals surface area contributed by atoms with Gasteiger partial charge >= 0.3 is 7.60 Å². The van der Waals surface area contributed by atoms with E-state index in [4.69, 9.17) is 9.05 Å². The summed E-state index contributed by atoms with van der Waals surface area (Å²) in [6, 6.07) is 8.63. The van der Waals surface area contributed by atoms with Gasteiger partial charge in [0, 0.05) is 26.2 Å². The fraction of sp³-hybridized carbons (Fsp3) is 0.417. The molecule has 0 saturated heterocycles. The lowest BCUT2D eigenvalue weighted by molar-refractivity contribution is 0.0897. The second-order valence-corrected chi connectivity index (χ2v) is 6.12. The Balaban J connectivity index is 2.58. The zero-order chi connectivity index (χ0) is 13.6. The lowest BCUT2D eigenvalue weighted by atomic mass is 10.1. The number of aliphatic hydroxyl groups excluding tert-OH is 1. The van der Waals surface area contributed by atoms with Gasteiger partial charge < -0.3 is 14.2 Å². The summed E-state index contributed by atoms with van der Waals surface area (Å²) in [7, 11) is -0.795. The molecule has 0 heterocycles. The van der Waals surface area contributed by atoms with E-state index in [0.717, 1.165) is 0 Å². The van der Waals surface area contributed by atoms with E-state index in [2.05, 4.69) is 0 Å². The molecule has 0 amide bonds. The Morgan fingerprint density at radius 2 is 1.83 bits per heavy atom. The Hall–Kier alpha value is -1.00. The molecule has 0 aliphatic carbocycles. The van der Waals surface area contributed by atoms with Gasteiger partial charge in [-0.3, -0.25) is 9.36 Å². The summed E-state index contributed by atoms with van der Waals surface area (Å²) in [5.41, 5.74) is 0.515. The standard InChI is InChI=1S/C12H17O5P/c1-16-18(15,17-2)9-11(13)8-12(14)10-6-4-3-5-7-10/h3-7,11,13H,8-9H2,1-2H3. The first kappa shape index (κ1) is 15.1. The SMILES string of the molecule is COP(=O)(CC(O)CC(=O)c1ccccc1)OC. The molecule has 1 N–H and O–H groups in total. The molecule has 1 atom stereocenters. The molecule has 1 rings (SSSR count). The van der Waals surface area contributed by atoms with E-state index in [1.54, 1.807) is 30.3 Å². The molecule has 0 aliphatic rings. The molecule has 0 radical (unpaired) electrons. The molecule has 6 heteroatoms. The largest absolute Gasteiger partial charge is 0.392 e.